The molecule has 0 spiro atoms. The van der Waals surface area contributed by atoms with Crippen LogP contribution in [0.1, 0.15) is 0 Å². The zero-order valence-electron chi connectivity index (χ0n) is 7.57. The van der Waals surface area contributed by atoms with E-state index in [9.17, 15) is 0 Å². The van der Waals surface area contributed by atoms with Crippen LogP contribution in [0.15, 0.2) is 6.20 Å². The molecule has 0 amide bonds. The van der Waals surface area contributed by atoms with E-state index in [0.717, 1.165) is 6.54 Å². The van der Waals surface area contributed by atoms with E-state index >= 15 is 0 Å². The normalized spacial score (nSPS) is 10.5. The molecule has 6 heteroatoms. The Balaban J connectivity index is 2.37. The molecule has 0 aliphatic heterocycles. The molecule has 5 nitrogen and oxygen atoms in total. The molecule has 0 unspecified atom stereocenters. The molecule has 0 aromatic carbocycles. The summed E-state index contributed by atoms with van der Waals surface area (Å²) < 4.78 is 5.26. The Labute approximate surface area is 81.7 Å². The van der Waals surface area contributed by atoms with Gasteiger partial charge in [-0.25, -0.2) is 0 Å². The van der Waals surface area contributed by atoms with Crippen molar-refractivity contribution in [3.8, 4) is 5.88 Å². The number of hydrogen-bond acceptors (Lipinski definition) is 5. The van der Waals surface area contributed by atoms with Gasteiger partial charge in [-0.15, -0.1) is 5.10 Å². The summed E-state index contributed by atoms with van der Waals surface area (Å²) >= 11 is 5.51. The first-order chi connectivity index (χ1) is 6.18. The van der Waals surface area contributed by atoms with Gasteiger partial charge < -0.3 is 9.64 Å². The zero-order chi connectivity index (χ0) is 9.68. The molecule has 72 valence electrons. The summed E-state index contributed by atoms with van der Waals surface area (Å²) in [7, 11) is 3.93. The highest BCUT2D eigenvalue weighted by atomic mass is 35.5. The number of aromatic nitrogens is 3. The highest BCUT2D eigenvalue weighted by Gasteiger charge is 1.98. The molecule has 0 N–H and O–H groups in total. The lowest BCUT2D eigenvalue weighted by molar-refractivity contribution is 0.252. The summed E-state index contributed by atoms with van der Waals surface area (Å²) in [5, 5.41) is 7.20. The standard InChI is InChI=1S/C7H11ClN4O/c1-12(2)3-4-13-6-5-9-11-7(8)10-6/h5H,3-4H2,1-2H3. The van der Waals surface area contributed by atoms with Gasteiger partial charge in [0, 0.05) is 6.54 Å². The first-order valence-electron chi connectivity index (χ1n) is 3.81. The highest BCUT2D eigenvalue weighted by Crippen LogP contribution is 2.05. The van der Waals surface area contributed by atoms with E-state index in [1.54, 1.807) is 0 Å². The van der Waals surface area contributed by atoms with Gasteiger partial charge in [0.05, 0.1) is 0 Å². The quantitative estimate of drug-likeness (QED) is 0.710. The van der Waals surface area contributed by atoms with Gasteiger partial charge in [-0.3, -0.25) is 0 Å². The molecule has 1 heterocycles. The Kier molecular flexibility index (Phi) is 3.85. The van der Waals surface area contributed by atoms with Crippen LogP contribution in [0.25, 0.3) is 0 Å². The lowest BCUT2D eigenvalue weighted by Crippen LogP contribution is -2.19. The molecular weight excluding hydrogens is 192 g/mol. The summed E-state index contributed by atoms with van der Waals surface area (Å²) in [4.78, 5) is 5.83. The summed E-state index contributed by atoms with van der Waals surface area (Å²) in [5.74, 6) is 0.404. The van der Waals surface area contributed by atoms with Crippen LogP contribution in [0.4, 0.5) is 0 Å². The Hall–Kier alpha value is -0.940. The maximum Gasteiger partial charge on any atom is 0.246 e. The van der Waals surface area contributed by atoms with Crippen LogP contribution in [-0.2, 0) is 0 Å². The first-order valence-corrected chi connectivity index (χ1v) is 4.19. The van der Waals surface area contributed by atoms with Crippen LogP contribution >= 0.6 is 11.6 Å². The van der Waals surface area contributed by atoms with Crippen LogP contribution in [0.2, 0.25) is 5.28 Å². The average molecular weight is 203 g/mol. The van der Waals surface area contributed by atoms with Crippen LogP contribution in [-0.4, -0.2) is 47.3 Å². The third-order valence-electron chi connectivity index (χ3n) is 1.30. The Morgan fingerprint density at radius 1 is 1.54 bits per heavy atom. The van der Waals surface area contributed by atoms with E-state index < -0.39 is 0 Å². The second-order valence-electron chi connectivity index (χ2n) is 2.72. The lowest BCUT2D eigenvalue weighted by atomic mass is 10.6. The van der Waals surface area contributed by atoms with Gasteiger partial charge in [-0.2, -0.15) is 10.1 Å². The van der Waals surface area contributed by atoms with Gasteiger partial charge in [0.2, 0.25) is 11.2 Å². The van der Waals surface area contributed by atoms with Crippen molar-refractivity contribution in [2.45, 2.75) is 0 Å². The zero-order valence-corrected chi connectivity index (χ0v) is 8.32. The number of nitrogens with zero attached hydrogens (tertiary/aromatic N) is 4. The number of rotatable bonds is 4. The van der Waals surface area contributed by atoms with Gasteiger partial charge in [-0.05, 0) is 25.7 Å². The van der Waals surface area contributed by atoms with E-state index in [-0.39, 0.29) is 5.28 Å². The van der Waals surface area contributed by atoms with Crippen molar-refractivity contribution in [3.05, 3.63) is 11.5 Å². The fourth-order valence-corrected chi connectivity index (χ4v) is 0.797. The van der Waals surface area contributed by atoms with Crippen molar-refractivity contribution in [2.75, 3.05) is 27.2 Å². The number of halogens is 1. The monoisotopic (exact) mass is 202 g/mol. The minimum absolute atomic E-state index is 0.0994. The molecule has 0 bridgehead atoms. The molecule has 0 saturated heterocycles. The van der Waals surface area contributed by atoms with Crippen molar-refractivity contribution in [2.24, 2.45) is 0 Å². The minimum Gasteiger partial charge on any atom is -0.475 e. The second-order valence-corrected chi connectivity index (χ2v) is 3.05. The molecule has 0 aliphatic rings. The molecule has 0 aliphatic carbocycles. The number of ether oxygens (including phenoxy) is 1. The van der Waals surface area contributed by atoms with Crippen LogP contribution in [0.5, 0.6) is 5.88 Å². The fraction of sp³-hybridized carbons (Fsp3) is 0.571. The van der Waals surface area contributed by atoms with Crippen molar-refractivity contribution >= 4 is 11.6 Å². The molecule has 1 aromatic rings. The van der Waals surface area contributed by atoms with E-state index in [1.165, 1.54) is 6.20 Å². The third-order valence-corrected chi connectivity index (χ3v) is 1.46. The highest BCUT2D eigenvalue weighted by molar-refractivity contribution is 6.28. The van der Waals surface area contributed by atoms with Gasteiger partial charge in [0.25, 0.3) is 0 Å². The molecule has 1 rings (SSSR count). The molecule has 0 fully saturated rings. The summed E-state index contributed by atoms with van der Waals surface area (Å²) in [5.41, 5.74) is 0. The van der Waals surface area contributed by atoms with Crippen LogP contribution in [0.3, 0.4) is 0 Å². The van der Waals surface area contributed by atoms with Crippen molar-refractivity contribution in [1.29, 1.82) is 0 Å². The van der Waals surface area contributed by atoms with E-state index in [1.807, 2.05) is 19.0 Å². The Morgan fingerprint density at radius 3 is 2.92 bits per heavy atom. The molecule has 13 heavy (non-hydrogen) atoms. The summed E-state index contributed by atoms with van der Waals surface area (Å²) in [6.07, 6.45) is 1.43. The van der Waals surface area contributed by atoms with Crippen molar-refractivity contribution in [3.63, 3.8) is 0 Å². The minimum atomic E-state index is 0.0994. The Bertz CT molecular complexity index is 268. The molecular formula is C7H11ClN4O. The SMILES string of the molecule is CN(C)CCOc1cnnc(Cl)n1. The Morgan fingerprint density at radius 2 is 2.31 bits per heavy atom. The van der Waals surface area contributed by atoms with Crippen molar-refractivity contribution < 1.29 is 4.74 Å². The van der Waals surface area contributed by atoms with Crippen LogP contribution in [0, 0.1) is 0 Å². The second kappa shape index (κ2) is 4.94. The molecule has 0 radical (unpaired) electrons. The maximum atomic E-state index is 5.51. The largest absolute Gasteiger partial charge is 0.475 e. The molecule has 1 aromatic heterocycles. The van der Waals surface area contributed by atoms with E-state index in [0.29, 0.717) is 12.5 Å². The smallest absolute Gasteiger partial charge is 0.246 e. The molecule has 0 atom stereocenters. The predicted octanol–water partition coefficient (Wildman–Crippen LogP) is 0.465. The van der Waals surface area contributed by atoms with Crippen molar-refractivity contribution in [1.82, 2.24) is 20.1 Å². The van der Waals surface area contributed by atoms with Gasteiger partial charge in [0.1, 0.15) is 12.8 Å². The average Bonchev–Trinajstić information content (AvgIpc) is 2.03. The molecule has 0 saturated carbocycles. The van der Waals surface area contributed by atoms with Crippen LogP contribution < -0.4 is 4.74 Å². The first kappa shape index (κ1) is 10.1. The summed E-state index contributed by atoms with van der Waals surface area (Å²) in [6, 6.07) is 0. The summed E-state index contributed by atoms with van der Waals surface area (Å²) in [6.45, 7) is 1.38. The lowest BCUT2D eigenvalue weighted by Gasteiger charge is -2.09. The number of hydrogen-bond donors (Lipinski definition) is 0. The van der Waals surface area contributed by atoms with Gasteiger partial charge >= 0.3 is 0 Å². The van der Waals surface area contributed by atoms with Gasteiger partial charge in [0.15, 0.2) is 0 Å². The van der Waals surface area contributed by atoms with E-state index in [2.05, 4.69) is 15.2 Å². The maximum absolute atomic E-state index is 5.51. The third kappa shape index (κ3) is 4.00. The number of likely N-dealkylation sites (N-methyl/N-ethyl adjacent to an activating group) is 1. The predicted molar refractivity (Wildman–Crippen MR) is 48.9 cm³/mol. The fourth-order valence-electron chi connectivity index (χ4n) is 0.670. The van der Waals surface area contributed by atoms with E-state index in [4.69, 9.17) is 16.3 Å². The topological polar surface area (TPSA) is 51.1 Å². The van der Waals surface area contributed by atoms with Gasteiger partial charge in [-0.1, -0.05) is 0 Å².